The van der Waals surface area contributed by atoms with Gasteiger partial charge in [-0.15, -0.1) is 0 Å². The third-order valence-electron chi connectivity index (χ3n) is 3.61. The molecule has 0 spiro atoms. The number of rotatable bonds is 2. The molecule has 0 aliphatic heterocycles. The Kier molecular flexibility index (Phi) is 3.26. The lowest BCUT2D eigenvalue weighted by Gasteiger charge is -2.22. The fraction of sp³-hybridized carbons (Fsp3) is 0.250. The summed E-state index contributed by atoms with van der Waals surface area (Å²) in [6.07, 6.45) is 4.52. The van der Waals surface area contributed by atoms with Crippen molar-refractivity contribution in [2.75, 3.05) is 0 Å². The van der Waals surface area contributed by atoms with Gasteiger partial charge in [-0.2, -0.15) is 5.26 Å². The Bertz CT molecular complexity index is 682. The highest BCUT2D eigenvalue weighted by Gasteiger charge is 2.24. The maximum Gasteiger partial charge on any atom is 0.251 e. The number of nitrogens with one attached hydrogen (secondary N) is 1. The summed E-state index contributed by atoms with van der Waals surface area (Å²) >= 11 is 0. The number of fused-ring (bicyclic) bond motifs is 1. The molecule has 1 heterocycles. The molecule has 1 amide bonds. The van der Waals surface area contributed by atoms with Gasteiger partial charge in [0.05, 0.1) is 23.9 Å². The molecule has 0 radical (unpaired) electrons. The van der Waals surface area contributed by atoms with Crippen molar-refractivity contribution < 1.29 is 9.21 Å². The molecule has 0 fully saturated rings. The van der Waals surface area contributed by atoms with Gasteiger partial charge in [0.1, 0.15) is 5.76 Å². The van der Waals surface area contributed by atoms with E-state index in [1.54, 1.807) is 30.5 Å². The van der Waals surface area contributed by atoms with E-state index in [9.17, 15) is 4.79 Å². The van der Waals surface area contributed by atoms with Crippen molar-refractivity contribution in [2.45, 2.75) is 25.3 Å². The molecule has 0 saturated carbocycles. The molecule has 1 aliphatic carbocycles. The number of hydrogen-bond acceptors (Lipinski definition) is 3. The second kappa shape index (κ2) is 5.22. The molecule has 0 saturated heterocycles. The maximum absolute atomic E-state index is 12.3. The van der Waals surface area contributed by atoms with Crippen LogP contribution in [0.4, 0.5) is 0 Å². The third-order valence-corrected chi connectivity index (χ3v) is 3.61. The van der Waals surface area contributed by atoms with Crippen LogP contribution in [0.1, 0.15) is 46.1 Å². The largest absolute Gasteiger partial charge is 0.469 e. The van der Waals surface area contributed by atoms with Gasteiger partial charge in [0.25, 0.3) is 5.91 Å². The third kappa shape index (κ3) is 2.30. The average molecular weight is 266 g/mol. The van der Waals surface area contributed by atoms with Crippen LogP contribution in [0.3, 0.4) is 0 Å². The Morgan fingerprint density at radius 2 is 2.30 bits per heavy atom. The van der Waals surface area contributed by atoms with Crippen molar-refractivity contribution in [3.63, 3.8) is 0 Å². The number of nitrogens with zero attached hydrogens (tertiary/aromatic N) is 1. The number of benzene rings is 1. The van der Waals surface area contributed by atoms with Crippen LogP contribution in [-0.4, -0.2) is 5.91 Å². The first-order valence-corrected chi connectivity index (χ1v) is 6.65. The Labute approximate surface area is 117 Å². The first kappa shape index (κ1) is 12.5. The van der Waals surface area contributed by atoms with E-state index >= 15 is 0 Å². The van der Waals surface area contributed by atoms with Crippen molar-refractivity contribution in [3.05, 3.63) is 59.0 Å². The summed E-state index contributed by atoms with van der Waals surface area (Å²) in [7, 11) is 0. The number of nitriles is 1. The average Bonchev–Trinajstić information content (AvgIpc) is 2.97. The predicted octanol–water partition coefficient (Wildman–Crippen LogP) is 2.96. The van der Waals surface area contributed by atoms with Gasteiger partial charge < -0.3 is 9.73 Å². The predicted molar refractivity (Wildman–Crippen MR) is 73.0 cm³/mol. The summed E-state index contributed by atoms with van der Waals surface area (Å²) in [5.74, 6) is 0.813. The summed E-state index contributed by atoms with van der Waals surface area (Å²) in [5.41, 5.74) is 2.08. The van der Waals surface area contributed by atoms with Crippen LogP contribution in [0.5, 0.6) is 0 Å². The summed E-state index contributed by atoms with van der Waals surface area (Å²) in [6, 6.07) is 10.7. The van der Waals surface area contributed by atoms with E-state index in [4.69, 9.17) is 9.68 Å². The van der Waals surface area contributed by atoms with Crippen LogP contribution in [0.15, 0.2) is 41.0 Å². The Balaban J connectivity index is 1.79. The molecule has 1 aromatic carbocycles. The highest BCUT2D eigenvalue weighted by atomic mass is 16.3. The fourth-order valence-electron chi connectivity index (χ4n) is 2.61. The maximum atomic E-state index is 12.3. The molecule has 100 valence electrons. The van der Waals surface area contributed by atoms with E-state index in [0.717, 1.165) is 30.6 Å². The number of carbonyl (C=O) groups is 1. The van der Waals surface area contributed by atoms with Gasteiger partial charge in [-0.1, -0.05) is 6.07 Å². The monoisotopic (exact) mass is 266 g/mol. The first-order chi connectivity index (χ1) is 9.78. The minimum atomic E-state index is -0.152. The van der Waals surface area contributed by atoms with Crippen molar-refractivity contribution in [1.29, 1.82) is 5.26 Å². The quantitative estimate of drug-likeness (QED) is 0.908. The van der Waals surface area contributed by atoms with E-state index in [2.05, 4.69) is 5.32 Å². The molecule has 4 heteroatoms. The molecule has 1 aromatic heterocycles. The molecule has 1 N–H and O–H groups in total. The van der Waals surface area contributed by atoms with Crippen molar-refractivity contribution in [3.8, 4) is 6.07 Å². The Morgan fingerprint density at radius 1 is 1.40 bits per heavy atom. The van der Waals surface area contributed by atoms with Crippen LogP contribution < -0.4 is 5.32 Å². The SMILES string of the molecule is N#Cc1cccc(C(=O)N[C@H]2CCCc3occc32)c1. The van der Waals surface area contributed by atoms with Gasteiger partial charge in [-0.3, -0.25) is 4.79 Å². The zero-order valence-electron chi connectivity index (χ0n) is 10.9. The van der Waals surface area contributed by atoms with E-state index < -0.39 is 0 Å². The molecule has 2 aromatic rings. The smallest absolute Gasteiger partial charge is 0.251 e. The molecule has 20 heavy (non-hydrogen) atoms. The van der Waals surface area contributed by atoms with Gasteiger partial charge in [0.2, 0.25) is 0 Å². The number of amides is 1. The molecule has 0 unspecified atom stereocenters. The minimum Gasteiger partial charge on any atom is -0.469 e. The summed E-state index contributed by atoms with van der Waals surface area (Å²) in [4.78, 5) is 12.3. The lowest BCUT2D eigenvalue weighted by molar-refractivity contribution is 0.0932. The van der Waals surface area contributed by atoms with Crippen LogP contribution in [0.2, 0.25) is 0 Å². The molecule has 1 atom stereocenters. The fourth-order valence-corrected chi connectivity index (χ4v) is 2.61. The minimum absolute atomic E-state index is 0.00394. The van der Waals surface area contributed by atoms with E-state index in [-0.39, 0.29) is 11.9 Å². The first-order valence-electron chi connectivity index (χ1n) is 6.65. The zero-order valence-corrected chi connectivity index (χ0v) is 10.9. The van der Waals surface area contributed by atoms with E-state index in [1.165, 1.54) is 0 Å². The van der Waals surface area contributed by atoms with Crippen molar-refractivity contribution in [1.82, 2.24) is 5.32 Å². The van der Waals surface area contributed by atoms with Gasteiger partial charge in [-0.25, -0.2) is 0 Å². The molecule has 0 bridgehead atoms. The van der Waals surface area contributed by atoms with Crippen LogP contribution in [0.25, 0.3) is 0 Å². The number of carbonyl (C=O) groups excluding carboxylic acids is 1. The molecule has 4 nitrogen and oxygen atoms in total. The van der Waals surface area contributed by atoms with E-state index in [1.807, 2.05) is 12.1 Å². The van der Waals surface area contributed by atoms with Gasteiger partial charge in [0.15, 0.2) is 0 Å². The van der Waals surface area contributed by atoms with Gasteiger partial charge in [-0.05, 0) is 37.1 Å². The van der Waals surface area contributed by atoms with Gasteiger partial charge >= 0.3 is 0 Å². The summed E-state index contributed by atoms with van der Waals surface area (Å²) < 4.78 is 5.42. The van der Waals surface area contributed by atoms with E-state index in [0.29, 0.717) is 11.1 Å². The highest BCUT2D eigenvalue weighted by Crippen LogP contribution is 2.30. The Morgan fingerprint density at radius 3 is 3.15 bits per heavy atom. The molecule has 1 aliphatic rings. The second-order valence-electron chi connectivity index (χ2n) is 4.91. The van der Waals surface area contributed by atoms with Crippen LogP contribution in [-0.2, 0) is 6.42 Å². The van der Waals surface area contributed by atoms with Crippen LogP contribution >= 0.6 is 0 Å². The van der Waals surface area contributed by atoms with Crippen molar-refractivity contribution >= 4 is 5.91 Å². The summed E-state index contributed by atoms with van der Waals surface area (Å²) in [6.45, 7) is 0. The van der Waals surface area contributed by atoms with Crippen molar-refractivity contribution in [2.24, 2.45) is 0 Å². The lowest BCUT2D eigenvalue weighted by Crippen LogP contribution is -2.30. The molecular weight excluding hydrogens is 252 g/mol. The normalized spacial score (nSPS) is 17.1. The van der Waals surface area contributed by atoms with Gasteiger partial charge in [0, 0.05) is 17.5 Å². The highest BCUT2D eigenvalue weighted by molar-refractivity contribution is 5.94. The Hall–Kier alpha value is -2.54. The summed E-state index contributed by atoms with van der Waals surface area (Å²) in [5, 5.41) is 11.9. The number of hydrogen-bond donors (Lipinski definition) is 1. The molecule has 3 rings (SSSR count). The second-order valence-corrected chi connectivity index (χ2v) is 4.91. The topological polar surface area (TPSA) is 66.0 Å². The lowest BCUT2D eigenvalue weighted by atomic mass is 9.93. The number of furan rings is 1. The molecular formula is C16H14N2O2. The zero-order chi connectivity index (χ0) is 13.9. The number of aryl methyl sites for hydroxylation is 1. The van der Waals surface area contributed by atoms with Crippen LogP contribution in [0, 0.1) is 11.3 Å². The standard InChI is InChI=1S/C16H14N2O2/c17-10-11-3-1-4-12(9-11)16(19)18-14-5-2-6-15-13(14)7-8-20-15/h1,3-4,7-9,14H,2,5-6H2,(H,18,19)/t14-/m0/s1.